The number of hydrogen-bond acceptors (Lipinski definition) is 3. The Morgan fingerprint density at radius 2 is 2.24 bits per heavy atom. The van der Waals surface area contributed by atoms with Gasteiger partial charge in [-0.05, 0) is 25.5 Å². The molecule has 1 atom stereocenters. The van der Waals surface area contributed by atoms with Crippen molar-refractivity contribution in [2.75, 3.05) is 0 Å². The van der Waals surface area contributed by atoms with Gasteiger partial charge in [-0.1, -0.05) is 30.7 Å². The molecule has 0 amide bonds. The predicted octanol–water partition coefficient (Wildman–Crippen LogP) is 3.43. The molecule has 4 heteroatoms. The lowest BCUT2D eigenvalue weighted by Gasteiger charge is -2.17. The van der Waals surface area contributed by atoms with Crippen LogP contribution >= 0.6 is 11.6 Å². The summed E-state index contributed by atoms with van der Waals surface area (Å²) in [5.74, 6) is -0.285. The summed E-state index contributed by atoms with van der Waals surface area (Å²) in [5.41, 5.74) is -0.926. The minimum atomic E-state index is -1.40. The van der Waals surface area contributed by atoms with Crippen molar-refractivity contribution in [2.24, 2.45) is 0 Å². The van der Waals surface area contributed by atoms with E-state index in [-0.39, 0.29) is 5.76 Å². The van der Waals surface area contributed by atoms with Crippen LogP contribution in [0.2, 0.25) is 5.02 Å². The summed E-state index contributed by atoms with van der Waals surface area (Å²) in [4.78, 5) is 12.0. The molecule has 2 rings (SSSR count). The highest BCUT2D eigenvalue weighted by Crippen LogP contribution is 2.28. The zero-order chi connectivity index (χ0) is 12.6. The van der Waals surface area contributed by atoms with Gasteiger partial charge in [0.05, 0.1) is 5.02 Å². The second kappa shape index (κ2) is 4.17. The number of hydrogen-bond donors (Lipinski definition) is 1. The molecule has 0 bridgehead atoms. The van der Waals surface area contributed by atoms with Gasteiger partial charge in [-0.2, -0.15) is 0 Å². The van der Waals surface area contributed by atoms with Gasteiger partial charge in [0, 0.05) is 5.39 Å². The van der Waals surface area contributed by atoms with Crippen molar-refractivity contribution in [1.82, 2.24) is 0 Å². The molecule has 0 aliphatic heterocycles. The first-order valence-corrected chi connectivity index (χ1v) is 5.78. The second-order valence-corrected chi connectivity index (χ2v) is 4.63. The molecule has 0 saturated carbocycles. The quantitative estimate of drug-likeness (QED) is 0.852. The number of Topliss-reactive ketones (excluding diaryl/α,β-unsaturated/α-hetero) is 1. The summed E-state index contributed by atoms with van der Waals surface area (Å²) in [7, 11) is 0. The van der Waals surface area contributed by atoms with Gasteiger partial charge in [0.2, 0.25) is 5.78 Å². The SMILES string of the molecule is CCC(C)(O)C(=O)c1cc2cccc(Cl)c2o1. The Morgan fingerprint density at radius 1 is 1.53 bits per heavy atom. The molecule has 1 aromatic heterocycles. The maximum atomic E-state index is 12.0. The van der Waals surface area contributed by atoms with Crippen LogP contribution < -0.4 is 0 Å². The summed E-state index contributed by atoms with van der Waals surface area (Å²) in [5, 5.41) is 11.1. The van der Waals surface area contributed by atoms with E-state index in [9.17, 15) is 9.90 Å². The normalized spacial score (nSPS) is 14.8. The summed E-state index contributed by atoms with van der Waals surface area (Å²) in [6.07, 6.45) is 0.330. The Kier molecular flexibility index (Phi) is 2.98. The van der Waals surface area contributed by atoms with E-state index >= 15 is 0 Å². The van der Waals surface area contributed by atoms with Gasteiger partial charge < -0.3 is 9.52 Å². The topological polar surface area (TPSA) is 50.4 Å². The van der Waals surface area contributed by atoms with Crippen molar-refractivity contribution in [3.05, 3.63) is 35.0 Å². The third-order valence-electron chi connectivity index (χ3n) is 2.90. The third kappa shape index (κ3) is 2.08. The number of aliphatic hydroxyl groups is 1. The van der Waals surface area contributed by atoms with E-state index in [4.69, 9.17) is 16.0 Å². The number of ketones is 1. The Bertz CT molecular complexity index is 569. The fourth-order valence-electron chi connectivity index (χ4n) is 1.57. The van der Waals surface area contributed by atoms with Crippen LogP contribution in [0.3, 0.4) is 0 Å². The molecular formula is C13H13ClO3. The molecule has 1 aromatic carbocycles. The lowest BCUT2D eigenvalue weighted by Crippen LogP contribution is -2.33. The second-order valence-electron chi connectivity index (χ2n) is 4.23. The monoisotopic (exact) mass is 252 g/mol. The molecule has 17 heavy (non-hydrogen) atoms. The average Bonchev–Trinajstić information content (AvgIpc) is 2.73. The average molecular weight is 253 g/mol. The molecule has 0 spiro atoms. The molecule has 0 aliphatic rings. The molecule has 90 valence electrons. The number of carbonyl (C=O) groups is 1. The molecule has 0 fully saturated rings. The van der Waals surface area contributed by atoms with E-state index < -0.39 is 11.4 Å². The predicted molar refractivity (Wildman–Crippen MR) is 66.5 cm³/mol. The Labute approximate surface area is 104 Å². The fourth-order valence-corrected chi connectivity index (χ4v) is 1.79. The van der Waals surface area contributed by atoms with Gasteiger partial charge in [0.1, 0.15) is 5.60 Å². The lowest BCUT2D eigenvalue weighted by atomic mass is 9.96. The highest BCUT2D eigenvalue weighted by atomic mass is 35.5. The molecule has 1 unspecified atom stereocenters. The van der Waals surface area contributed by atoms with E-state index in [0.717, 1.165) is 5.39 Å². The maximum absolute atomic E-state index is 12.0. The van der Waals surface area contributed by atoms with Crippen molar-refractivity contribution >= 4 is 28.4 Å². The van der Waals surface area contributed by atoms with Crippen molar-refractivity contribution in [3.63, 3.8) is 0 Å². The van der Waals surface area contributed by atoms with E-state index in [1.165, 1.54) is 6.92 Å². The third-order valence-corrected chi connectivity index (χ3v) is 3.20. The molecule has 1 heterocycles. The summed E-state index contributed by atoms with van der Waals surface area (Å²) < 4.78 is 5.41. The van der Waals surface area contributed by atoms with Gasteiger partial charge in [0.25, 0.3) is 0 Å². The first-order chi connectivity index (χ1) is 7.95. The Hall–Kier alpha value is -1.32. The molecule has 1 N–H and O–H groups in total. The minimum Gasteiger partial charge on any atom is -0.451 e. The van der Waals surface area contributed by atoms with Gasteiger partial charge in [-0.25, -0.2) is 0 Å². The van der Waals surface area contributed by atoms with Crippen molar-refractivity contribution in [2.45, 2.75) is 25.9 Å². The first-order valence-electron chi connectivity index (χ1n) is 5.41. The number of fused-ring (bicyclic) bond motifs is 1. The molecule has 3 nitrogen and oxygen atoms in total. The smallest absolute Gasteiger partial charge is 0.229 e. The zero-order valence-electron chi connectivity index (χ0n) is 9.66. The van der Waals surface area contributed by atoms with E-state index in [1.54, 1.807) is 25.1 Å². The van der Waals surface area contributed by atoms with Crippen LogP contribution in [0.15, 0.2) is 28.7 Å². The van der Waals surface area contributed by atoms with Crippen LogP contribution in [0, 0.1) is 0 Å². The zero-order valence-corrected chi connectivity index (χ0v) is 10.4. The first kappa shape index (κ1) is 12.1. The summed E-state index contributed by atoms with van der Waals surface area (Å²) in [6, 6.07) is 6.89. The number of furan rings is 1. The number of para-hydroxylation sites is 1. The van der Waals surface area contributed by atoms with E-state index in [2.05, 4.69) is 0 Å². The fraction of sp³-hybridized carbons (Fsp3) is 0.308. The van der Waals surface area contributed by atoms with Crippen molar-refractivity contribution in [1.29, 1.82) is 0 Å². The largest absolute Gasteiger partial charge is 0.451 e. The Balaban J connectivity index is 2.51. The van der Waals surface area contributed by atoms with Gasteiger partial charge in [-0.3, -0.25) is 4.79 Å². The van der Waals surface area contributed by atoms with Crippen molar-refractivity contribution in [3.8, 4) is 0 Å². The van der Waals surface area contributed by atoms with Gasteiger partial charge >= 0.3 is 0 Å². The minimum absolute atomic E-state index is 0.139. The van der Waals surface area contributed by atoms with E-state index in [1.807, 2.05) is 6.07 Å². The molecule has 0 aliphatic carbocycles. The summed E-state index contributed by atoms with van der Waals surface area (Å²) >= 11 is 5.96. The van der Waals surface area contributed by atoms with Crippen molar-refractivity contribution < 1.29 is 14.3 Å². The Morgan fingerprint density at radius 3 is 2.82 bits per heavy atom. The maximum Gasteiger partial charge on any atom is 0.229 e. The number of carbonyl (C=O) groups excluding carboxylic acids is 1. The number of halogens is 1. The highest BCUT2D eigenvalue weighted by molar-refractivity contribution is 6.34. The summed E-state index contributed by atoms with van der Waals surface area (Å²) in [6.45, 7) is 3.22. The van der Waals surface area contributed by atoms with Crippen LogP contribution in [0.25, 0.3) is 11.0 Å². The molecule has 0 radical (unpaired) electrons. The van der Waals surface area contributed by atoms with Gasteiger partial charge in [0.15, 0.2) is 11.3 Å². The van der Waals surface area contributed by atoms with Crippen LogP contribution in [0.1, 0.15) is 30.8 Å². The number of rotatable bonds is 3. The van der Waals surface area contributed by atoms with Crippen LogP contribution in [-0.4, -0.2) is 16.5 Å². The van der Waals surface area contributed by atoms with Crippen LogP contribution in [-0.2, 0) is 0 Å². The van der Waals surface area contributed by atoms with Crippen LogP contribution in [0.5, 0.6) is 0 Å². The van der Waals surface area contributed by atoms with E-state index in [0.29, 0.717) is 17.0 Å². The van der Waals surface area contributed by atoms with Crippen LogP contribution in [0.4, 0.5) is 0 Å². The number of benzene rings is 1. The lowest BCUT2D eigenvalue weighted by molar-refractivity contribution is 0.0365. The molecule has 0 saturated heterocycles. The standard InChI is InChI=1S/C13H13ClO3/c1-3-13(2,16)12(15)10-7-8-5-4-6-9(14)11(8)17-10/h4-7,16H,3H2,1-2H3. The highest BCUT2D eigenvalue weighted by Gasteiger charge is 2.31. The van der Waals surface area contributed by atoms with Gasteiger partial charge in [-0.15, -0.1) is 0 Å². The molecule has 2 aromatic rings. The molecular weight excluding hydrogens is 240 g/mol.